The van der Waals surface area contributed by atoms with Gasteiger partial charge < -0.3 is 15.5 Å². The second kappa shape index (κ2) is 8.15. The van der Waals surface area contributed by atoms with Gasteiger partial charge in [0.15, 0.2) is 0 Å². The highest BCUT2D eigenvalue weighted by molar-refractivity contribution is 5.60. The average molecular weight is 353 g/mol. The van der Waals surface area contributed by atoms with Crippen molar-refractivity contribution >= 4 is 17.5 Å². The molecule has 1 heterocycles. The van der Waals surface area contributed by atoms with E-state index in [1.165, 1.54) is 18.2 Å². The highest BCUT2D eigenvalue weighted by atomic mass is 19.4. The summed E-state index contributed by atoms with van der Waals surface area (Å²) in [6, 6.07) is 7.03. The summed E-state index contributed by atoms with van der Waals surface area (Å²) in [5.74, 6) is 0.713. The van der Waals surface area contributed by atoms with Crippen LogP contribution in [-0.4, -0.2) is 42.1 Å². The summed E-state index contributed by atoms with van der Waals surface area (Å²) in [5, 5.41) is 5.85. The molecule has 0 saturated heterocycles. The van der Waals surface area contributed by atoms with Crippen LogP contribution in [-0.2, 0) is 6.18 Å². The van der Waals surface area contributed by atoms with E-state index in [0.717, 1.165) is 19.0 Å². The predicted octanol–water partition coefficient (Wildman–Crippen LogP) is 3.91. The number of nitrogens with zero attached hydrogens (tertiary/aromatic N) is 3. The highest BCUT2D eigenvalue weighted by Gasteiger charge is 2.33. The molecule has 0 radical (unpaired) electrons. The normalized spacial score (nSPS) is 11.6. The molecule has 1 aromatic heterocycles. The third-order valence-electron chi connectivity index (χ3n) is 3.42. The van der Waals surface area contributed by atoms with E-state index in [1.807, 2.05) is 14.1 Å². The molecule has 0 saturated carbocycles. The van der Waals surface area contributed by atoms with E-state index >= 15 is 0 Å². The van der Waals surface area contributed by atoms with E-state index in [0.29, 0.717) is 18.1 Å². The zero-order chi connectivity index (χ0) is 18.4. The fraction of sp³-hybridized carbons (Fsp3) is 0.412. The van der Waals surface area contributed by atoms with Gasteiger partial charge in [0.2, 0.25) is 5.95 Å². The molecule has 136 valence electrons. The first kappa shape index (κ1) is 19.0. The molecule has 0 bridgehead atoms. The molecule has 0 spiro atoms. The summed E-state index contributed by atoms with van der Waals surface area (Å²) in [6.45, 7) is 3.42. The molecule has 0 aliphatic heterocycles. The number of para-hydroxylation sites is 1. The first-order valence-corrected chi connectivity index (χ1v) is 7.93. The molecule has 0 fully saturated rings. The van der Waals surface area contributed by atoms with Gasteiger partial charge in [-0.05, 0) is 46.1 Å². The van der Waals surface area contributed by atoms with E-state index in [4.69, 9.17) is 0 Å². The smallest absolute Gasteiger partial charge is 0.370 e. The van der Waals surface area contributed by atoms with Gasteiger partial charge in [-0.25, -0.2) is 4.98 Å². The maximum Gasteiger partial charge on any atom is 0.418 e. The van der Waals surface area contributed by atoms with Crippen LogP contribution in [0.15, 0.2) is 30.3 Å². The first-order chi connectivity index (χ1) is 11.8. The molecule has 0 aliphatic rings. The maximum absolute atomic E-state index is 13.1. The van der Waals surface area contributed by atoms with Crippen LogP contribution in [0.5, 0.6) is 0 Å². The number of aromatic nitrogens is 2. The average Bonchev–Trinajstić information content (AvgIpc) is 2.50. The Balaban J connectivity index is 2.13. The van der Waals surface area contributed by atoms with Gasteiger partial charge in [0.1, 0.15) is 5.82 Å². The minimum Gasteiger partial charge on any atom is -0.370 e. The topological polar surface area (TPSA) is 53.1 Å². The van der Waals surface area contributed by atoms with Crippen molar-refractivity contribution in [3.8, 4) is 0 Å². The van der Waals surface area contributed by atoms with Crippen LogP contribution in [0.4, 0.5) is 30.6 Å². The van der Waals surface area contributed by atoms with Gasteiger partial charge in [0.25, 0.3) is 0 Å². The summed E-state index contributed by atoms with van der Waals surface area (Å²) < 4.78 is 39.2. The van der Waals surface area contributed by atoms with Crippen LogP contribution in [0.1, 0.15) is 17.7 Å². The van der Waals surface area contributed by atoms with E-state index < -0.39 is 11.7 Å². The van der Waals surface area contributed by atoms with Crippen LogP contribution in [0.2, 0.25) is 0 Å². The fourth-order valence-corrected chi connectivity index (χ4v) is 2.29. The third-order valence-corrected chi connectivity index (χ3v) is 3.42. The maximum atomic E-state index is 13.1. The molecule has 1 aromatic carbocycles. The van der Waals surface area contributed by atoms with Crippen LogP contribution in [0.3, 0.4) is 0 Å². The lowest BCUT2D eigenvalue weighted by molar-refractivity contribution is -0.136. The standard InChI is InChI=1S/C17H22F3N5/c1-12-11-15(21-9-6-10-25(2)3)24-16(22-12)23-14-8-5-4-7-13(14)17(18,19)20/h4-5,7-8,11H,6,9-10H2,1-3H3,(H2,21,22,23,24). The summed E-state index contributed by atoms with van der Waals surface area (Å²) in [7, 11) is 3.99. The fourth-order valence-electron chi connectivity index (χ4n) is 2.29. The lowest BCUT2D eigenvalue weighted by atomic mass is 10.1. The van der Waals surface area contributed by atoms with Crippen LogP contribution in [0, 0.1) is 6.92 Å². The molecule has 0 amide bonds. The Kier molecular flexibility index (Phi) is 6.19. The van der Waals surface area contributed by atoms with Crippen LogP contribution >= 0.6 is 0 Å². The molecule has 5 nitrogen and oxygen atoms in total. The second-order valence-corrected chi connectivity index (χ2v) is 5.97. The zero-order valence-corrected chi connectivity index (χ0v) is 14.5. The Morgan fingerprint density at radius 2 is 1.84 bits per heavy atom. The van der Waals surface area contributed by atoms with Crippen LogP contribution < -0.4 is 10.6 Å². The Morgan fingerprint density at radius 3 is 2.52 bits per heavy atom. The van der Waals surface area contributed by atoms with Gasteiger partial charge in [0, 0.05) is 18.3 Å². The summed E-state index contributed by atoms with van der Waals surface area (Å²) in [5.41, 5.74) is -0.156. The molecular weight excluding hydrogens is 331 g/mol. The zero-order valence-electron chi connectivity index (χ0n) is 14.5. The number of anilines is 3. The molecule has 0 atom stereocenters. The molecule has 2 N–H and O–H groups in total. The van der Waals surface area contributed by atoms with E-state index in [1.54, 1.807) is 13.0 Å². The number of nitrogens with one attached hydrogen (secondary N) is 2. The molecule has 25 heavy (non-hydrogen) atoms. The second-order valence-electron chi connectivity index (χ2n) is 5.97. The van der Waals surface area contributed by atoms with Gasteiger partial charge >= 0.3 is 6.18 Å². The monoisotopic (exact) mass is 353 g/mol. The molecular formula is C17H22F3N5. The van der Waals surface area contributed by atoms with E-state index in [-0.39, 0.29) is 11.6 Å². The van der Waals surface area contributed by atoms with Crippen LogP contribution in [0.25, 0.3) is 0 Å². The number of hydrogen-bond donors (Lipinski definition) is 2. The van der Waals surface area contributed by atoms with Crippen molar-refractivity contribution in [2.24, 2.45) is 0 Å². The number of rotatable bonds is 7. The minimum absolute atomic E-state index is 0.0702. The van der Waals surface area contributed by atoms with Gasteiger partial charge in [0.05, 0.1) is 11.3 Å². The minimum atomic E-state index is -4.44. The lowest BCUT2D eigenvalue weighted by Crippen LogP contribution is -2.17. The van der Waals surface area contributed by atoms with Gasteiger partial charge in [-0.3, -0.25) is 0 Å². The molecule has 0 aliphatic carbocycles. The predicted molar refractivity (Wildman–Crippen MR) is 93.2 cm³/mol. The number of halogens is 3. The Labute approximate surface area is 145 Å². The quantitative estimate of drug-likeness (QED) is 0.739. The Hall–Kier alpha value is -2.35. The first-order valence-electron chi connectivity index (χ1n) is 7.93. The van der Waals surface area contributed by atoms with E-state index in [9.17, 15) is 13.2 Å². The highest BCUT2D eigenvalue weighted by Crippen LogP contribution is 2.35. The Bertz CT molecular complexity index is 701. The summed E-state index contributed by atoms with van der Waals surface area (Å²) >= 11 is 0. The molecule has 0 unspecified atom stereocenters. The van der Waals surface area contributed by atoms with Gasteiger partial charge in [-0.2, -0.15) is 18.2 Å². The number of hydrogen-bond acceptors (Lipinski definition) is 5. The molecule has 2 aromatic rings. The van der Waals surface area contributed by atoms with E-state index in [2.05, 4.69) is 25.5 Å². The van der Waals surface area contributed by atoms with Crippen molar-refractivity contribution in [2.45, 2.75) is 19.5 Å². The lowest BCUT2D eigenvalue weighted by Gasteiger charge is -2.15. The number of aryl methyl sites for hydroxylation is 1. The summed E-state index contributed by atoms with van der Waals surface area (Å²) in [6.07, 6.45) is -3.52. The van der Waals surface area contributed by atoms with Crippen molar-refractivity contribution in [1.82, 2.24) is 14.9 Å². The van der Waals surface area contributed by atoms with Gasteiger partial charge in [-0.15, -0.1) is 0 Å². The van der Waals surface area contributed by atoms with Gasteiger partial charge in [-0.1, -0.05) is 12.1 Å². The van der Waals surface area contributed by atoms with Crippen molar-refractivity contribution < 1.29 is 13.2 Å². The third kappa shape index (κ3) is 5.90. The van der Waals surface area contributed by atoms with Crippen molar-refractivity contribution in [3.63, 3.8) is 0 Å². The Morgan fingerprint density at radius 1 is 1.12 bits per heavy atom. The molecule has 8 heteroatoms. The van der Waals surface area contributed by atoms with Crippen molar-refractivity contribution in [3.05, 3.63) is 41.6 Å². The van der Waals surface area contributed by atoms with Crippen molar-refractivity contribution in [2.75, 3.05) is 37.8 Å². The largest absolute Gasteiger partial charge is 0.418 e. The number of benzene rings is 1. The summed E-state index contributed by atoms with van der Waals surface area (Å²) in [4.78, 5) is 10.5. The van der Waals surface area contributed by atoms with Crippen molar-refractivity contribution in [1.29, 1.82) is 0 Å². The number of alkyl halides is 3. The SMILES string of the molecule is Cc1cc(NCCCN(C)C)nc(Nc2ccccc2C(F)(F)F)n1. The molecule has 2 rings (SSSR count).